The van der Waals surface area contributed by atoms with E-state index < -0.39 is 6.10 Å². The number of fused-ring (bicyclic) bond motifs is 3. The Morgan fingerprint density at radius 1 is 1.17 bits per heavy atom. The highest BCUT2D eigenvalue weighted by Gasteiger charge is 2.45. The zero-order valence-corrected chi connectivity index (χ0v) is 22.4. The van der Waals surface area contributed by atoms with Crippen LogP contribution in [0.5, 0.6) is 0 Å². The molecule has 36 heavy (non-hydrogen) atoms. The number of aliphatic hydroxyl groups is 1. The van der Waals surface area contributed by atoms with Crippen LogP contribution in [0.4, 0.5) is 0 Å². The van der Waals surface area contributed by atoms with Gasteiger partial charge in [-0.2, -0.15) is 0 Å². The van der Waals surface area contributed by atoms with E-state index in [1.807, 2.05) is 6.08 Å². The summed E-state index contributed by atoms with van der Waals surface area (Å²) in [7, 11) is 0. The van der Waals surface area contributed by atoms with E-state index in [0.29, 0.717) is 5.92 Å². The van der Waals surface area contributed by atoms with Crippen molar-refractivity contribution < 1.29 is 14.6 Å². The van der Waals surface area contributed by atoms with Crippen molar-refractivity contribution in [2.75, 3.05) is 0 Å². The maximum absolute atomic E-state index is 10.7. The molecule has 0 bridgehead atoms. The molecule has 0 saturated heterocycles. The first-order chi connectivity index (χ1) is 17.3. The van der Waals surface area contributed by atoms with Crippen molar-refractivity contribution in [3.05, 3.63) is 58.7 Å². The molecule has 0 aromatic carbocycles. The topological polar surface area (TPSA) is 62.8 Å². The van der Waals surface area contributed by atoms with E-state index in [1.54, 1.807) is 5.57 Å². The molecule has 2 heterocycles. The molecule has 4 aliphatic carbocycles. The van der Waals surface area contributed by atoms with Gasteiger partial charge in [0.15, 0.2) is 5.88 Å². The van der Waals surface area contributed by atoms with Crippen molar-refractivity contribution in [1.82, 2.24) is 10.6 Å². The van der Waals surface area contributed by atoms with Gasteiger partial charge in [-0.1, -0.05) is 43.7 Å². The van der Waals surface area contributed by atoms with Crippen LogP contribution in [0.15, 0.2) is 58.7 Å². The SMILES string of the molecule is CC1CCC2=CC3=C(CC2(C)C1)OC1CCC(C2C=C(OC(C)C)NC(C4CCC=CC4O)N2)C=C31. The quantitative estimate of drug-likeness (QED) is 0.445. The third-order valence-electron chi connectivity index (χ3n) is 9.44. The minimum Gasteiger partial charge on any atom is -0.489 e. The smallest absolute Gasteiger partial charge is 0.185 e. The first-order valence-corrected chi connectivity index (χ1v) is 14.4. The molecule has 0 aromatic heterocycles. The Morgan fingerprint density at radius 3 is 2.83 bits per heavy atom. The van der Waals surface area contributed by atoms with Gasteiger partial charge in [-0.05, 0) is 87.7 Å². The predicted molar refractivity (Wildman–Crippen MR) is 143 cm³/mol. The minimum atomic E-state index is -0.436. The summed E-state index contributed by atoms with van der Waals surface area (Å²) in [5, 5.41) is 18.1. The Bertz CT molecular complexity index is 1040. The number of aliphatic hydroxyl groups excluding tert-OH is 1. The molecule has 8 atom stereocenters. The first-order valence-electron chi connectivity index (χ1n) is 14.4. The van der Waals surface area contributed by atoms with Crippen LogP contribution in [0.2, 0.25) is 0 Å². The lowest BCUT2D eigenvalue weighted by atomic mass is 9.63. The Kier molecular flexibility index (Phi) is 6.36. The van der Waals surface area contributed by atoms with Gasteiger partial charge in [0.25, 0.3) is 0 Å². The molecular weight excluding hydrogens is 448 g/mol. The van der Waals surface area contributed by atoms with E-state index in [1.165, 1.54) is 36.2 Å². The first kappa shape index (κ1) is 24.4. The van der Waals surface area contributed by atoms with Gasteiger partial charge in [-0.15, -0.1) is 0 Å². The molecular formula is C31H44N2O3. The fourth-order valence-corrected chi connectivity index (χ4v) is 7.62. The number of hydrogen-bond acceptors (Lipinski definition) is 5. The van der Waals surface area contributed by atoms with Gasteiger partial charge >= 0.3 is 0 Å². The highest BCUT2D eigenvalue weighted by molar-refractivity contribution is 5.54. The molecule has 1 fully saturated rings. The summed E-state index contributed by atoms with van der Waals surface area (Å²) < 4.78 is 12.8. The molecule has 0 aromatic rings. The van der Waals surface area contributed by atoms with Crippen LogP contribution in [0.25, 0.3) is 0 Å². The zero-order valence-electron chi connectivity index (χ0n) is 22.4. The van der Waals surface area contributed by atoms with Crippen LogP contribution >= 0.6 is 0 Å². The maximum atomic E-state index is 10.7. The third-order valence-corrected chi connectivity index (χ3v) is 9.44. The van der Waals surface area contributed by atoms with E-state index >= 15 is 0 Å². The molecule has 1 saturated carbocycles. The Labute approximate surface area is 216 Å². The summed E-state index contributed by atoms with van der Waals surface area (Å²) in [6.07, 6.45) is 20.1. The Balaban J connectivity index is 1.27. The van der Waals surface area contributed by atoms with Crippen LogP contribution in [0.3, 0.4) is 0 Å². The lowest BCUT2D eigenvalue weighted by molar-refractivity contribution is 0.0616. The van der Waals surface area contributed by atoms with E-state index in [4.69, 9.17) is 9.47 Å². The number of allylic oxidation sites excluding steroid dienone is 4. The van der Waals surface area contributed by atoms with Gasteiger partial charge in [0.2, 0.25) is 0 Å². The van der Waals surface area contributed by atoms with Gasteiger partial charge < -0.3 is 19.9 Å². The Hall–Kier alpha value is -1.98. The van der Waals surface area contributed by atoms with Crippen LogP contribution in [0, 0.1) is 23.2 Å². The number of hydrogen-bond donors (Lipinski definition) is 3. The monoisotopic (exact) mass is 492 g/mol. The van der Waals surface area contributed by atoms with Gasteiger partial charge in [0.05, 0.1) is 18.4 Å². The average molecular weight is 493 g/mol. The molecule has 6 rings (SSSR count). The third kappa shape index (κ3) is 4.47. The number of ether oxygens (including phenoxy) is 2. The second-order valence-electron chi connectivity index (χ2n) is 12.7. The van der Waals surface area contributed by atoms with E-state index in [-0.39, 0.29) is 35.7 Å². The molecule has 8 unspecified atom stereocenters. The van der Waals surface area contributed by atoms with Crippen molar-refractivity contribution in [1.29, 1.82) is 0 Å². The minimum absolute atomic E-state index is 0.0128. The maximum Gasteiger partial charge on any atom is 0.185 e. The molecule has 5 nitrogen and oxygen atoms in total. The lowest BCUT2D eigenvalue weighted by Gasteiger charge is -2.42. The summed E-state index contributed by atoms with van der Waals surface area (Å²) in [5.74, 6) is 3.37. The molecule has 196 valence electrons. The van der Waals surface area contributed by atoms with E-state index in [9.17, 15) is 5.11 Å². The molecule has 0 spiro atoms. The van der Waals surface area contributed by atoms with Gasteiger partial charge in [0, 0.05) is 24.0 Å². The summed E-state index contributed by atoms with van der Waals surface area (Å²) in [5.41, 5.74) is 4.70. The molecule has 5 heteroatoms. The molecule has 6 aliphatic rings. The fourth-order valence-electron chi connectivity index (χ4n) is 7.62. The number of nitrogens with one attached hydrogen (secondary N) is 2. The van der Waals surface area contributed by atoms with Crippen molar-refractivity contribution >= 4 is 0 Å². The summed E-state index contributed by atoms with van der Waals surface area (Å²) in [6.45, 7) is 9.00. The molecule has 0 amide bonds. The Morgan fingerprint density at radius 2 is 2.03 bits per heavy atom. The highest BCUT2D eigenvalue weighted by Crippen LogP contribution is 2.54. The lowest BCUT2D eigenvalue weighted by Crippen LogP contribution is -2.59. The molecule has 2 aliphatic heterocycles. The van der Waals surface area contributed by atoms with E-state index in [2.05, 4.69) is 62.6 Å². The zero-order chi connectivity index (χ0) is 25.0. The summed E-state index contributed by atoms with van der Waals surface area (Å²) >= 11 is 0. The van der Waals surface area contributed by atoms with Crippen LogP contribution in [-0.4, -0.2) is 35.6 Å². The second-order valence-corrected chi connectivity index (χ2v) is 12.7. The van der Waals surface area contributed by atoms with Crippen molar-refractivity contribution in [2.24, 2.45) is 23.2 Å². The average Bonchev–Trinajstić information content (AvgIpc) is 3.17. The fraction of sp³-hybridized carbons (Fsp3) is 0.677. The van der Waals surface area contributed by atoms with Crippen molar-refractivity contribution in [2.45, 2.75) is 110 Å². The highest BCUT2D eigenvalue weighted by atomic mass is 16.5. The van der Waals surface area contributed by atoms with E-state index in [0.717, 1.165) is 43.9 Å². The standard InChI is InChI=1S/C31H44N2O3/c1-18(2)35-29-15-25(32-30(33-29)22-7-5-6-8-26(22)34)20-10-12-27-23(13-20)24-14-21-11-9-19(3)16-31(21,4)17-28(24)36-27/h6,8,13-15,18-20,22,25-27,30,32-34H,5,7,9-12,16-17H2,1-4H3. The van der Waals surface area contributed by atoms with Crippen LogP contribution in [-0.2, 0) is 9.47 Å². The summed E-state index contributed by atoms with van der Waals surface area (Å²) in [6, 6.07) is 0.165. The normalized spacial score (nSPS) is 41.8. The molecule has 0 radical (unpaired) electrons. The van der Waals surface area contributed by atoms with Crippen molar-refractivity contribution in [3.8, 4) is 0 Å². The number of rotatable bonds is 4. The second kappa shape index (κ2) is 9.40. The van der Waals surface area contributed by atoms with Gasteiger partial charge in [0.1, 0.15) is 11.9 Å². The summed E-state index contributed by atoms with van der Waals surface area (Å²) in [4.78, 5) is 0. The largest absolute Gasteiger partial charge is 0.489 e. The van der Waals surface area contributed by atoms with Crippen LogP contribution < -0.4 is 10.6 Å². The predicted octanol–water partition coefficient (Wildman–Crippen LogP) is 5.61. The molecule has 3 N–H and O–H groups in total. The van der Waals surface area contributed by atoms with Crippen molar-refractivity contribution in [3.63, 3.8) is 0 Å². The van der Waals surface area contributed by atoms with Crippen LogP contribution in [0.1, 0.15) is 79.1 Å². The van der Waals surface area contributed by atoms with Gasteiger partial charge in [-0.3, -0.25) is 5.32 Å². The van der Waals surface area contributed by atoms with Gasteiger partial charge in [-0.25, -0.2) is 0 Å².